The Morgan fingerprint density at radius 2 is 2.05 bits per heavy atom. The van der Waals surface area contributed by atoms with Crippen molar-refractivity contribution < 1.29 is 13.2 Å². The molecule has 1 unspecified atom stereocenters. The smallest absolute Gasteiger partial charge is 0.238 e. The van der Waals surface area contributed by atoms with Crippen LogP contribution in [0.4, 0.5) is 0 Å². The SMILES string of the molecule is CC(C)CC(NS(C)(=O)=O)C(=O)NCc1ccccn1. The standard InChI is InChI=1S/C13H21N3O3S/c1-10(2)8-12(16-20(3,18)19)13(17)15-9-11-6-4-5-7-14-11/h4-7,10,12,16H,8-9H2,1-3H3,(H,15,17). The summed E-state index contributed by atoms with van der Waals surface area (Å²) in [7, 11) is -3.42. The van der Waals surface area contributed by atoms with Crippen molar-refractivity contribution in [2.45, 2.75) is 32.9 Å². The third kappa shape index (κ3) is 6.63. The first-order chi connectivity index (χ1) is 9.28. The molecule has 1 aromatic heterocycles. The molecule has 0 saturated carbocycles. The van der Waals surface area contributed by atoms with Gasteiger partial charge in [0.25, 0.3) is 0 Å². The predicted molar refractivity (Wildman–Crippen MR) is 77.3 cm³/mol. The molecule has 7 heteroatoms. The summed E-state index contributed by atoms with van der Waals surface area (Å²) in [4.78, 5) is 16.2. The van der Waals surface area contributed by atoms with Crippen LogP contribution in [0.15, 0.2) is 24.4 Å². The number of aromatic nitrogens is 1. The largest absolute Gasteiger partial charge is 0.349 e. The molecule has 0 saturated heterocycles. The number of rotatable bonds is 7. The fraction of sp³-hybridized carbons (Fsp3) is 0.538. The maximum Gasteiger partial charge on any atom is 0.238 e. The van der Waals surface area contributed by atoms with Gasteiger partial charge >= 0.3 is 0 Å². The molecule has 0 aliphatic heterocycles. The summed E-state index contributed by atoms with van der Waals surface area (Å²) in [6, 6.07) is 4.66. The summed E-state index contributed by atoms with van der Waals surface area (Å²) >= 11 is 0. The monoisotopic (exact) mass is 299 g/mol. The van der Waals surface area contributed by atoms with Gasteiger partial charge in [-0.25, -0.2) is 13.1 Å². The zero-order chi connectivity index (χ0) is 15.2. The number of hydrogen-bond acceptors (Lipinski definition) is 4. The van der Waals surface area contributed by atoms with E-state index < -0.39 is 16.1 Å². The lowest BCUT2D eigenvalue weighted by Crippen LogP contribution is -2.46. The van der Waals surface area contributed by atoms with E-state index in [1.54, 1.807) is 18.3 Å². The highest BCUT2D eigenvalue weighted by atomic mass is 32.2. The molecule has 0 radical (unpaired) electrons. The first kappa shape index (κ1) is 16.6. The van der Waals surface area contributed by atoms with Crippen LogP contribution in [0.2, 0.25) is 0 Å². The average Bonchev–Trinajstić information content (AvgIpc) is 2.34. The second-order valence-corrected chi connectivity index (χ2v) is 6.89. The third-order valence-electron chi connectivity index (χ3n) is 2.55. The molecule has 0 fully saturated rings. The summed E-state index contributed by atoms with van der Waals surface area (Å²) in [5.74, 6) is -0.135. The molecule has 1 rings (SSSR count). The van der Waals surface area contributed by atoms with E-state index in [0.29, 0.717) is 6.42 Å². The summed E-state index contributed by atoms with van der Waals surface area (Å²) in [5, 5.41) is 2.70. The van der Waals surface area contributed by atoms with Crippen LogP contribution >= 0.6 is 0 Å². The number of carbonyl (C=O) groups is 1. The van der Waals surface area contributed by atoms with Crippen molar-refractivity contribution in [3.63, 3.8) is 0 Å². The fourth-order valence-corrected chi connectivity index (χ4v) is 2.46. The molecule has 0 aliphatic carbocycles. The van der Waals surface area contributed by atoms with E-state index in [0.717, 1.165) is 11.9 Å². The van der Waals surface area contributed by atoms with Crippen LogP contribution < -0.4 is 10.0 Å². The van der Waals surface area contributed by atoms with Gasteiger partial charge in [0.05, 0.1) is 18.5 Å². The van der Waals surface area contributed by atoms with Gasteiger partial charge in [-0.3, -0.25) is 9.78 Å². The van der Waals surface area contributed by atoms with E-state index in [4.69, 9.17) is 0 Å². The maximum atomic E-state index is 12.1. The number of nitrogens with one attached hydrogen (secondary N) is 2. The fourth-order valence-electron chi connectivity index (χ4n) is 1.74. The van der Waals surface area contributed by atoms with Crippen LogP contribution in [-0.2, 0) is 21.4 Å². The van der Waals surface area contributed by atoms with Gasteiger partial charge in [0.1, 0.15) is 6.04 Å². The molecule has 2 N–H and O–H groups in total. The van der Waals surface area contributed by atoms with E-state index in [2.05, 4.69) is 15.0 Å². The molecule has 1 amide bonds. The molecule has 1 aromatic rings. The number of carbonyl (C=O) groups excluding carboxylic acids is 1. The number of pyridine rings is 1. The summed E-state index contributed by atoms with van der Waals surface area (Å²) in [6.07, 6.45) is 3.13. The van der Waals surface area contributed by atoms with Crippen LogP contribution in [0, 0.1) is 5.92 Å². The highest BCUT2D eigenvalue weighted by Crippen LogP contribution is 2.06. The van der Waals surface area contributed by atoms with Crippen molar-refractivity contribution in [2.75, 3.05) is 6.26 Å². The zero-order valence-corrected chi connectivity index (χ0v) is 12.8. The Kier molecular flexibility index (Phi) is 6.09. The van der Waals surface area contributed by atoms with Crippen molar-refractivity contribution in [1.82, 2.24) is 15.0 Å². The topological polar surface area (TPSA) is 88.2 Å². The predicted octanol–water partition coefficient (Wildman–Crippen LogP) is 0.662. The number of sulfonamides is 1. The van der Waals surface area contributed by atoms with E-state index >= 15 is 0 Å². The van der Waals surface area contributed by atoms with Crippen LogP contribution in [0.1, 0.15) is 26.0 Å². The van der Waals surface area contributed by atoms with Crippen LogP contribution in [-0.4, -0.2) is 31.6 Å². The van der Waals surface area contributed by atoms with E-state index in [1.165, 1.54) is 0 Å². The second-order valence-electron chi connectivity index (χ2n) is 5.11. The lowest BCUT2D eigenvalue weighted by molar-refractivity contribution is -0.123. The summed E-state index contributed by atoms with van der Waals surface area (Å²) in [5.41, 5.74) is 0.725. The minimum atomic E-state index is -3.42. The van der Waals surface area contributed by atoms with Gasteiger partial charge in [0.15, 0.2) is 0 Å². The minimum absolute atomic E-state index is 0.204. The average molecular weight is 299 g/mol. The van der Waals surface area contributed by atoms with Crippen molar-refractivity contribution in [1.29, 1.82) is 0 Å². The van der Waals surface area contributed by atoms with Gasteiger partial charge in [-0.15, -0.1) is 0 Å². The van der Waals surface area contributed by atoms with E-state index in [-0.39, 0.29) is 18.4 Å². The Labute approximate surface area is 120 Å². The highest BCUT2D eigenvalue weighted by Gasteiger charge is 2.22. The number of hydrogen-bond donors (Lipinski definition) is 2. The van der Waals surface area contributed by atoms with E-state index in [1.807, 2.05) is 19.9 Å². The lowest BCUT2D eigenvalue weighted by Gasteiger charge is -2.18. The molecule has 0 spiro atoms. The lowest BCUT2D eigenvalue weighted by atomic mass is 10.0. The Balaban J connectivity index is 2.63. The zero-order valence-electron chi connectivity index (χ0n) is 12.0. The van der Waals surface area contributed by atoms with Crippen molar-refractivity contribution in [3.05, 3.63) is 30.1 Å². The van der Waals surface area contributed by atoms with Gasteiger partial charge in [0.2, 0.25) is 15.9 Å². The first-order valence-electron chi connectivity index (χ1n) is 6.43. The second kappa shape index (κ2) is 7.35. The molecule has 20 heavy (non-hydrogen) atoms. The van der Waals surface area contributed by atoms with Gasteiger partial charge in [-0.2, -0.15) is 0 Å². The minimum Gasteiger partial charge on any atom is -0.349 e. The van der Waals surface area contributed by atoms with Crippen LogP contribution in [0.5, 0.6) is 0 Å². The summed E-state index contributed by atoms with van der Waals surface area (Å²) < 4.78 is 25.0. The van der Waals surface area contributed by atoms with E-state index in [9.17, 15) is 13.2 Å². The quantitative estimate of drug-likeness (QED) is 0.774. The number of nitrogens with zero attached hydrogens (tertiary/aromatic N) is 1. The summed E-state index contributed by atoms with van der Waals surface area (Å²) in [6.45, 7) is 4.14. The molecular weight excluding hydrogens is 278 g/mol. The Hall–Kier alpha value is -1.47. The van der Waals surface area contributed by atoms with Gasteiger partial charge in [-0.1, -0.05) is 19.9 Å². The maximum absolute atomic E-state index is 12.1. The van der Waals surface area contributed by atoms with Gasteiger partial charge in [0, 0.05) is 6.20 Å². The Morgan fingerprint density at radius 1 is 1.35 bits per heavy atom. The van der Waals surface area contributed by atoms with Gasteiger partial charge in [-0.05, 0) is 24.5 Å². The highest BCUT2D eigenvalue weighted by molar-refractivity contribution is 7.88. The first-order valence-corrected chi connectivity index (χ1v) is 8.32. The molecule has 1 heterocycles. The van der Waals surface area contributed by atoms with Crippen molar-refractivity contribution in [2.24, 2.45) is 5.92 Å². The third-order valence-corrected chi connectivity index (χ3v) is 3.26. The van der Waals surface area contributed by atoms with Gasteiger partial charge < -0.3 is 5.32 Å². The van der Waals surface area contributed by atoms with Crippen LogP contribution in [0.3, 0.4) is 0 Å². The van der Waals surface area contributed by atoms with Crippen molar-refractivity contribution in [3.8, 4) is 0 Å². The molecule has 1 atom stereocenters. The van der Waals surface area contributed by atoms with Crippen molar-refractivity contribution >= 4 is 15.9 Å². The number of amides is 1. The normalized spacial score (nSPS) is 13.2. The Bertz CT molecular complexity index is 529. The molecule has 6 nitrogen and oxygen atoms in total. The molecule has 0 bridgehead atoms. The Morgan fingerprint density at radius 3 is 2.55 bits per heavy atom. The molecule has 0 aromatic carbocycles. The molecule has 0 aliphatic rings. The molecule has 112 valence electrons. The molecular formula is C13H21N3O3S. The van der Waals surface area contributed by atoms with Crippen LogP contribution in [0.25, 0.3) is 0 Å².